The molecule has 1 aliphatic carbocycles. The van der Waals surface area contributed by atoms with Gasteiger partial charge in [0, 0.05) is 17.1 Å². The minimum Gasteiger partial charge on any atom is -0.361 e. The summed E-state index contributed by atoms with van der Waals surface area (Å²) >= 11 is 0. The van der Waals surface area contributed by atoms with Crippen molar-refractivity contribution in [3.63, 3.8) is 0 Å². The summed E-state index contributed by atoms with van der Waals surface area (Å²) in [6, 6.07) is 14.8. The molecule has 1 heterocycles. The standard InChI is InChI=1S/C21H20FN3/c22-17-3-1-2-14(8-17)6-7-24-12-16-10-18(16)20-13-25-21-5-4-15(11-23)9-19(20)21/h1-5,8-9,13,16,18,24-25H,6-7,10,12H2/t16-,18+/m0/s1. The smallest absolute Gasteiger partial charge is 0.123 e. The highest BCUT2D eigenvalue weighted by Gasteiger charge is 2.39. The lowest BCUT2D eigenvalue weighted by Crippen LogP contribution is -2.20. The predicted octanol–water partition coefficient (Wildman–Crippen LogP) is 4.11. The van der Waals surface area contributed by atoms with Crippen LogP contribution >= 0.6 is 0 Å². The molecule has 0 radical (unpaired) electrons. The number of hydrogen-bond donors (Lipinski definition) is 2. The van der Waals surface area contributed by atoms with Gasteiger partial charge in [-0.2, -0.15) is 5.26 Å². The average molecular weight is 333 g/mol. The van der Waals surface area contributed by atoms with Gasteiger partial charge in [0.1, 0.15) is 5.82 Å². The molecule has 0 aliphatic heterocycles. The van der Waals surface area contributed by atoms with E-state index in [0.29, 0.717) is 17.4 Å². The van der Waals surface area contributed by atoms with E-state index in [2.05, 4.69) is 22.6 Å². The zero-order chi connectivity index (χ0) is 17.2. The molecule has 25 heavy (non-hydrogen) atoms. The topological polar surface area (TPSA) is 51.6 Å². The van der Waals surface area contributed by atoms with Gasteiger partial charge in [-0.1, -0.05) is 12.1 Å². The van der Waals surface area contributed by atoms with Crippen LogP contribution in [0.3, 0.4) is 0 Å². The number of aromatic nitrogens is 1. The predicted molar refractivity (Wildman–Crippen MR) is 96.8 cm³/mol. The Balaban J connectivity index is 1.32. The molecular formula is C21H20FN3. The van der Waals surface area contributed by atoms with Crippen molar-refractivity contribution in [3.8, 4) is 6.07 Å². The van der Waals surface area contributed by atoms with Crippen LogP contribution in [0.1, 0.15) is 29.0 Å². The summed E-state index contributed by atoms with van der Waals surface area (Å²) in [5.41, 5.74) is 4.15. The fraction of sp³-hybridized carbons (Fsp3) is 0.286. The van der Waals surface area contributed by atoms with Crippen LogP contribution in [0.2, 0.25) is 0 Å². The fourth-order valence-corrected chi connectivity index (χ4v) is 3.59. The molecular weight excluding hydrogens is 313 g/mol. The molecule has 1 fully saturated rings. The number of halogens is 1. The lowest BCUT2D eigenvalue weighted by Gasteiger charge is -2.05. The van der Waals surface area contributed by atoms with Gasteiger partial charge in [-0.05, 0) is 79.2 Å². The molecule has 1 saturated carbocycles. The summed E-state index contributed by atoms with van der Waals surface area (Å²) in [5, 5.41) is 13.8. The first-order chi connectivity index (χ1) is 12.2. The average Bonchev–Trinajstić information content (AvgIpc) is 3.27. The molecule has 2 aromatic carbocycles. The van der Waals surface area contributed by atoms with Crippen LogP contribution in [0.4, 0.5) is 4.39 Å². The fourth-order valence-electron chi connectivity index (χ4n) is 3.59. The molecule has 4 rings (SSSR count). The molecule has 4 heteroatoms. The van der Waals surface area contributed by atoms with Crippen molar-refractivity contribution in [2.75, 3.05) is 13.1 Å². The molecule has 126 valence electrons. The lowest BCUT2D eigenvalue weighted by molar-refractivity contribution is 0.614. The van der Waals surface area contributed by atoms with Crippen molar-refractivity contribution in [1.29, 1.82) is 5.26 Å². The number of hydrogen-bond acceptors (Lipinski definition) is 2. The molecule has 2 N–H and O–H groups in total. The minimum absolute atomic E-state index is 0.171. The van der Waals surface area contributed by atoms with Crippen LogP contribution in [0.25, 0.3) is 10.9 Å². The van der Waals surface area contributed by atoms with E-state index >= 15 is 0 Å². The van der Waals surface area contributed by atoms with E-state index in [1.165, 1.54) is 23.4 Å². The second-order valence-corrected chi connectivity index (χ2v) is 6.80. The molecule has 0 saturated heterocycles. The van der Waals surface area contributed by atoms with Gasteiger partial charge in [-0.3, -0.25) is 0 Å². The van der Waals surface area contributed by atoms with Gasteiger partial charge in [0.2, 0.25) is 0 Å². The van der Waals surface area contributed by atoms with Crippen molar-refractivity contribution in [3.05, 3.63) is 71.2 Å². The number of nitriles is 1. The summed E-state index contributed by atoms with van der Waals surface area (Å²) in [5.74, 6) is 1.03. The van der Waals surface area contributed by atoms with E-state index in [4.69, 9.17) is 5.26 Å². The Morgan fingerprint density at radius 2 is 2.16 bits per heavy atom. The van der Waals surface area contributed by atoms with E-state index < -0.39 is 0 Å². The highest BCUT2D eigenvalue weighted by Crippen LogP contribution is 2.49. The van der Waals surface area contributed by atoms with Crippen molar-refractivity contribution < 1.29 is 4.39 Å². The van der Waals surface area contributed by atoms with Crippen LogP contribution in [0.15, 0.2) is 48.7 Å². The third-order valence-corrected chi connectivity index (χ3v) is 5.05. The minimum atomic E-state index is -0.171. The number of H-pyrrole nitrogens is 1. The van der Waals surface area contributed by atoms with Crippen LogP contribution in [-0.4, -0.2) is 18.1 Å². The molecule has 0 amide bonds. The Kier molecular flexibility index (Phi) is 4.25. The molecule has 0 bridgehead atoms. The summed E-state index contributed by atoms with van der Waals surface area (Å²) in [7, 11) is 0. The third-order valence-electron chi connectivity index (χ3n) is 5.05. The summed E-state index contributed by atoms with van der Waals surface area (Å²) in [4.78, 5) is 3.31. The van der Waals surface area contributed by atoms with Gasteiger partial charge in [0.25, 0.3) is 0 Å². The summed E-state index contributed by atoms with van der Waals surface area (Å²) in [6.45, 7) is 1.84. The Morgan fingerprint density at radius 3 is 3.00 bits per heavy atom. The molecule has 1 aliphatic rings. The Labute approximate surface area is 146 Å². The number of nitrogens with zero attached hydrogens (tertiary/aromatic N) is 1. The van der Waals surface area contributed by atoms with Crippen LogP contribution in [-0.2, 0) is 6.42 Å². The zero-order valence-electron chi connectivity index (χ0n) is 13.9. The maximum atomic E-state index is 13.2. The summed E-state index contributed by atoms with van der Waals surface area (Å²) < 4.78 is 13.2. The highest BCUT2D eigenvalue weighted by atomic mass is 19.1. The molecule has 0 unspecified atom stereocenters. The monoisotopic (exact) mass is 333 g/mol. The van der Waals surface area contributed by atoms with Gasteiger partial charge >= 0.3 is 0 Å². The number of benzene rings is 2. The quantitative estimate of drug-likeness (QED) is 0.667. The van der Waals surface area contributed by atoms with Crippen LogP contribution < -0.4 is 5.32 Å². The van der Waals surface area contributed by atoms with E-state index in [1.54, 1.807) is 12.1 Å². The Morgan fingerprint density at radius 1 is 1.24 bits per heavy atom. The number of nitrogens with one attached hydrogen (secondary N) is 2. The third kappa shape index (κ3) is 3.42. The maximum absolute atomic E-state index is 13.2. The van der Waals surface area contributed by atoms with Crippen LogP contribution in [0, 0.1) is 23.1 Å². The Hall–Kier alpha value is -2.64. The van der Waals surface area contributed by atoms with Gasteiger partial charge in [0.05, 0.1) is 11.6 Å². The van der Waals surface area contributed by atoms with Crippen molar-refractivity contribution in [2.45, 2.75) is 18.8 Å². The van der Waals surface area contributed by atoms with Gasteiger partial charge in [-0.25, -0.2) is 4.39 Å². The molecule has 0 spiro atoms. The van der Waals surface area contributed by atoms with E-state index in [-0.39, 0.29) is 5.82 Å². The zero-order valence-corrected chi connectivity index (χ0v) is 13.9. The molecule has 3 nitrogen and oxygen atoms in total. The second-order valence-electron chi connectivity index (χ2n) is 6.80. The van der Waals surface area contributed by atoms with Crippen molar-refractivity contribution >= 4 is 10.9 Å². The first-order valence-corrected chi connectivity index (χ1v) is 8.71. The van der Waals surface area contributed by atoms with Gasteiger partial charge in [-0.15, -0.1) is 0 Å². The highest BCUT2D eigenvalue weighted by molar-refractivity contribution is 5.85. The van der Waals surface area contributed by atoms with Crippen molar-refractivity contribution in [2.24, 2.45) is 5.92 Å². The maximum Gasteiger partial charge on any atom is 0.123 e. The van der Waals surface area contributed by atoms with E-state index in [9.17, 15) is 4.39 Å². The van der Waals surface area contributed by atoms with Crippen LogP contribution in [0.5, 0.6) is 0 Å². The van der Waals surface area contributed by atoms with Crippen molar-refractivity contribution in [1.82, 2.24) is 10.3 Å². The largest absolute Gasteiger partial charge is 0.361 e. The Bertz CT molecular complexity index is 938. The normalized spacial score (nSPS) is 19.0. The number of aromatic amines is 1. The second kappa shape index (κ2) is 6.70. The lowest BCUT2D eigenvalue weighted by atomic mass is 10.1. The first-order valence-electron chi connectivity index (χ1n) is 8.71. The van der Waals surface area contributed by atoms with Gasteiger partial charge in [0.15, 0.2) is 0 Å². The summed E-state index contributed by atoms with van der Waals surface area (Å²) in [6.07, 6.45) is 4.10. The molecule has 2 atom stereocenters. The first kappa shape index (κ1) is 15.9. The SMILES string of the molecule is N#Cc1ccc2[nH]cc([C@@H]3C[C@H]3CNCCc3cccc(F)c3)c2c1. The number of fused-ring (bicyclic) bond motifs is 1. The van der Waals surface area contributed by atoms with E-state index in [1.807, 2.05) is 24.3 Å². The molecule has 3 aromatic rings. The number of rotatable bonds is 6. The molecule has 1 aromatic heterocycles. The van der Waals surface area contributed by atoms with E-state index in [0.717, 1.165) is 30.6 Å². The van der Waals surface area contributed by atoms with Gasteiger partial charge < -0.3 is 10.3 Å².